The van der Waals surface area contributed by atoms with Gasteiger partial charge in [-0.15, -0.1) is 13.2 Å². The van der Waals surface area contributed by atoms with E-state index in [9.17, 15) is 40.0 Å². The summed E-state index contributed by atoms with van der Waals surface area (Å²) < 4.78 is 96.2. The maximum Gasteiger partial charge on any atom is 0.573 e. The number of ether oxygens (including phenoxy) is 2. The largest absolute Gasteiger partial charge is 0.573 e. The third-order valence-electron chi connectivity index (χ3n) is 4.45. The summed E-state index contributed by atoms with van der Waals surface area (Å²) in [4.78, 5) is 10.7. The van der Waals surface area contributed by atoms with Crippen LogP contribution in [0.1, 0.15) is 0 Å². The van der Waals surface area contributed by atoms with Crippen molar-refractivity contribution in [2.75, 3.05) is 25.3 Å². The number of aliphatic hydroxyl groups excluding tert-OH is 1. The fourth-order valence-electron chi connectivity index (χ4n) is 2.66. The Morgan fingerprint density at radius 1 is 0.943 bits per heavy atom. The number of carbonyl (C=O) groups is 1. The number of aliphatic hydroxyl groups is 1. The average molecular weight is 543 g/mol. The van der Waals surface area contributed by atoms with E-state index in [0.717, 1.165) is 31.3 Å². The molecule has 0 spiro atoms. The highest BCUT2D eigenvalue weighted by Crippen LogP contribution is 2.28. The molecule has 0 bridgehead atoms. The first kappa shape index (κ1) is 28.3. The molecule has 0 saturated heterocycles. The zero-order valence-corrected chi connectivity index (χ0v) is 19.6. The molecule has 0 aromatic heterocycles. The number of nitrogens with zero attached hydrogens (tertiary/aromatic N) is 2. The van der Waals surface area contributed by atoms with Crippen LogP contribution in [0.5, 0.6) is 17.2 Å². The number of hydroxylamine groups is 2. The number of carbonyl (C=O) groups excluding carboxylic acids is 1. The van der Waals surface area contributed by atoms with Crippen LogP contribution in [-0.4, -0.2) is 80.6 Å². The van der Waals surface area contributed by atoms with Crippen LogP contribution >= 0.6 is 0 Å². The Hall–Kier alpha value is -2.92. The van der Waals surface area contributed by atoms with Crippen LogP contribution in [-0.2, 0) is 24.7 Å². The van der Waals surface area contributed by atoms with Gasteiger partial charge in [0.1, 0.15) is 24.0 Å². The van der Waals surface area contributed by atoms with Gasteiger partial charge in [-0.25, -0.2) is 21.9 Å². The average Bonchev–Trinajstić information content (AvgIpc) is 2.77. The topological polar surface area (TPSA) is 151 Å². The van der Waals surface area contributed by atoms with Gasteiger partial charge < -0.3 is 14.6 Å². The minimum atomic E-state index is -4.85. The molecule has 0 aliphatic heterocycles. The van der Waals surface area contributed by atoms with E-state index in [2.05, 4.69) is 4.74 Å². The molecular weight excluding hydrogens is 521 g/mol. The molecule has 16 heteroatoms. The highest BCUT2D eigenvalue weighted by molar-refractivity contribution is 7.91. The third-order valence-corrected chi connectivity index (χ3v) is 8.13. The number of hydrogen-bond donors (Lipinski definition) is 2. The van der Waals surface area contributed by atoms with Crippen molar-refractivity contribution in [3.63, 3.8) is 0 Å². The molecule has 194 valence electrons. The second kappa shape index (κ2) is 11.2. The van der Waals surface area contributed by atoms with Crippen molar-refractivity contribution < 1.29 is 54.6 Å². The van der Waals surface area contributed by atoms with Crippen molar-refractivity contribution in [1.82, 2.24) is 9.37 Å². The summed E-state index contributed by atoms with van der Waals surface area (Å²) >= 11 is 0. The SMILES string of the molecule is CN(CO)S(=O)(=O)CC(CS(=O)(=O)c1ccc(Oc2ccc(OC(F)(F)F)cc2)cc1)N(O)C=O. The molecule has 2 rings (SSSR count). The monoisotopic (exact) mass is 542 g/mol. The Bertz CT molecular complexity index is 1200. The molecule has 1 unspecified atom stereocenters. The maximum absolute atomic E-state index is 12.8. The van der Waals surface area contributed by atoms with Crippen molar-refractivity contribution in [2.45, 2.75) is 17.3 Å². The molecule has 0 aliphatic rings. The number of amides is 1. The zero-order chi connectivity index (χ0) is 26.4. The van der Waals surface area contributed by atoms with E-state index in [1.165, 1.54) is 24.3 Å². The van der Waals surface area contributed by atoms with Crippen LogP contribution in [0.3, 0.4) is 0 Å². The first-order valence-electron chi connectivity index (χ1n) is 9.51. The van der Waals surface area contributed by atoms with E-state index in [1.54, 1.807) is 0 Å². The minimum absolute atomic E-state index is 0.0794. The number of benzene rings is 2. The summed E-state index contributed by atoms with van der Waals surface area (Å²) in [7, 11) is -7.40. The number of alkyl halides is 3. The summed E-state index contributed by atoms with van der Waals surface area (Å²) in [6, 6.07) is 7.52. The van der Waals surface area contributed by atoms with Gasteiger partial charge in [0.15, 0.2) is 9.84 Å². The summed E-state index contributed by atoms with van der Waals surface area (Å²) in [5.41, 5.74) is 0. The fraction of sp³-hybridized carbons (Fsp3) is 0.316. The smallest absolute Gasteiger partial charge is 0.457 e. The van der Waals surface area contributed by atoms with Gasteiger partial charge >= 0.3 is 6.36 Å². The lowest BCUT2D eigenvalue weighted by Gasteiger charge is -2.24. The van der Waals surface area contributed by atoms with Crippen LogP contribution in [0, 0.1) is 0 Å². The van der Waals surface area contributed by atoms with Gasteiger partial charge in [0.25, 0.3) is 0 Å². The normalized spacial score (nSPS) is 13.3. The Labute approximate surface area is 198 Å². The molecular formula is C19H21F3N2O9S2. The van der Waals surface area contributed by atoms with Gasteiger partial charge in [0.2, 0.25) is 16.4 Å². The summed E-state index contributed by atoms with van der Waals surface area (Å²) in [6.07, 6.45) is -4.99. The molecule has 0 aliphatic carbocycles. The predicted octanol–water partition coefficient (Wildman–Crippen LogP) is 1.58. The minimum Gasteiger partial charge on any atom is -0.457 e. The van der Waals surface area contributed by atoms with E-state index in [-0.39, 0.29) is 27.9 Å². The second-order valence-corrected chi connectivity index (χ2v) is 11.2. The van der Waals surface area contributed by atoms with Crippen LogP contribution in [0.15, 0.2) is 53.4 Å². The highest BCUT2D eigenvalue weighted by Gasteiger charge is 2.32. The van der Waals surface area contributed by atoms with Crippen LogP contribution < -0.4 is 9.47 Å². The fourth-order valence-corrected chi connectivity index (χ4v) is 5.51. The third kappa shape index (κ3) is 8.36. The standard InChI is InChI=1S/C19H21F3N2O9S2/c1-23(12-25)35(30,31)11-14(24(27)13-26)10-34(28,29)18-8-6-16(7-9-18)32-15-2-4-17(5-3-15)33-19(20,21)22/h2-9,13-14,25,27H,10-12H2,1H3. The predicted molar refractivity (Wildman–Crippen MR) is 114 cm³/mol. The molecule has 2 aromatic rings. The molecule has 2 aromatic carbocycles. The van der Waals surface area contributed by atoms with Gasteiger partial charge in [-0.05, 0) is 48.5 Å². The van der Waals surface area contributed by atoms with Gasteiger partial charge in [0.05, 0.1) is 22.4 Å². The molecule has 0 saturated carbocycles. The van der Waals surface area contributed by atoms with E-state index < -0.39 is 56.3 Å². The lowest BCUT2D eigenvalue weighted by molar-refractivity contribution is -0.274. The Morgan fingerprint density at radius 3 is 1.89 bits per heavy atom. The number of halogens is 3. The van der Waals surface area contributed by atoms with Crippen molar-refractivity contribution in [3.05, 3.63) is 48.5 Å². The first-order chi connectivity index (χ1) is 16.2. The molecule has 1 amide bonds. The van der Waals surface area contributed by atoms with Crippen molar-refractivity contribution >= 4 is 26.3 Å². The summed E-state index contributed by atoms with van der Waals surface area (Å²) in [5, 5.41) is 18.6. The Morgan fingerprint density at radius 2 is 1.43 bits per heavy atom. The highest BCUT2D eigenvalue weighted by atomic mass is 32.2. The number of hydrogen-bond acceptors (Lipinski definition) is 9. The molecule has 0 fully saturated rings. The quantitative estimate of drug-likeness (QED) is 0.176. The van der Waals surface area contributed by atoms with Gasteiger partial charge in [-0.1, -0.05) is 0 Å². The Kier molecular flexibility index (Phi) is 9.07. The van der Waals surface area contributed by atoms with Gasteiger partial charge in [-0.3, -0.25) is 10.0 Å². The number of sulfone groups is 1. The maximum atomic E-state index is 12.8. The number of sulfonamides is 1. The molecule has 11 nitrogen and oxygen atoms in total. The second-order valence-electron chi connectivity index (χ2n) is 7.03. The first-order valence-corrected chi connectivity index (χ1v) is 12.8. The molecule has 35 heavy (non-hydrogen) atoms. The van der Waals surface area contributed by atoms with Gasteiger partial charge in [-0.2, -0.15) is 4.31 Å². The van der Waals surface area contributed by atoms with Crippen LogP contribution in [0.2, 0.25) is 0 Å². The van der Waals surface area contributed by atoms with E-state index in [0.29, 0.717) is 4.31 Å². The van der Waals surface area contributed by atoms with E-state index in [1.807, 2.05) is 0 Å². The molecule has 2 N–H and O–H groups in total. The van der Waals surface area contributed by atoms with E-state index in [4.69, 9.17) is 9.84 Å². The van der Waals surface area contributed by atoms with Crippen LogP contribution in [0.25, 0.3) is 0 Å². The zero-order valence-electron chi connectivity index (χ0n) is 18.0. The lowest BCUT2D eigenvalue weighted by atomic mass is 10.3. The number of rotatable bonds is 12. The van der Waals surface area contributed by atoms with Crippen LogP contribution in [0.4, 0.5) is 13.2 Å². The van der Waals surface area contributed by atoms with Crippen molar-refractivity contribution in [3.8, 4) is 17.2 Å². The van der Waals surface area contributed by atoms with E-state index >= 15 is 0 Å². The lowest BCUT2D eigenvalue weighted by Crippen LogP contribution is -2.45. The molecule has 0 radical (unpaired) electrons. The summed E-state index contributed by atoms with van der Waals surface area (Å²) in [5.74, 6) is -2.12. The summed E-state index contributed by atoms with van der Waals surface area (Å²) in [6.45, 7) is -0.895. The molecule has 0 heterocycles. The van der Waals surface area contributed by atoms with Gasteiger partial charge in [0, 0.05) is 7.05 Å². The van der Waals surface area contributed by atoms with Crippen molar-refractivity contribution in [1.29, 1.82) is 0 Å². The van der Waals surface area contributed by atoms with Crippen molar-refractivity contribution in [2.24, 2.45) is 0 Å². The Balaban J connectivity index is 2.15. The molecule has 1 atom stereocenters.